The van der Waals surface area contributed by atoms with Gasteiger partial charge in [0, 0.05) is 18.5 Å². The quantitative estimate of drug-likeness (QED) is 0.426. The number of amides is 2. The molecule has 0 fully saturated rings. The van der Waals surface area contributed by atoms with Gasteiger partial charge < -0.3 is 14.8 Å². The molecule has 3 N–H and O–H groups in total. The second kappa shape index (κ2) is 12.3. The molecule has 0 aliphatic heterocycles. The molecule has 0 saturated carbocycles. The summed E-state index contributed by atoms with van der Waals surface area (Å²) in [6.07, 6.45) is -0.347. The van der Waals surface area contributed by atoms with E-state index >= 15 is 0 Å². The number of carbonyl (C=O) groups excluding carboxylic acids is 2. The van der Waals surface area contributed by atoms with Gasteiger partial charge in [-0.05, 0) is 49.6 Å². The minimum Gasteiger partial charge on any atom is -0.447 e. The van der Waals surface area contributed by atoms with Crippen molar-refractivity contribution in [3.8, 4) is 0 Å². The molecule has 2 amide bonds. The lowest BCUT2D eigenvalue weighted by Gasteiger charge is -2.20. The molecule has 33 heavy (non-hydrogen) atoms. The van der Waals surface area contributed by atoms with Crippen LogP contribution in [0.5, 0.6) is 0 Å². The Morgan fingerprint density at radius 3 is 2.21 bits per heavy atom. The van der Waals surface area contributed by atoms with Gasteiger partial charge in [0.15, 0.2) is 0 Å². The highest BCUT2D eigenvalue weighted by molar-refractivity contribution is 7.89. The largest absolute Gasteiger partial charge is 0.447 e. The smallest absolute Gasteiger partial charge is 0.411 e. The van der Waals surface area contributed by atoms with Crippen LogP contribution >= 0.6 is 0 Å². The van der Waals surface area contributed by atoms with E-state index in [9.17, 15) is 18.0 Å². The van der Waals surface area contributed by atoms with Crippen LogP contribution in [0.1, 0.15) is 25.8 Å². The van der Waals surface area contributed by atoms with E-state index in [0.29, 0.717) is 17.8 Å². The number of benzene rings is 2. The van der Waals surface area contributed by atoms with Gasteiger partial charge in [0.05, 0.1) is 11.5 Å². The van der Waals surface area contributed by atoms with Crippen LogP contribution in [0.25, 0.3) is 0 Å². The van der Waals surface area contributed by atoms with Gasteiger partial charge in [-0.3, -0.25) is 10.1 Å². The van der Waals surface area contributed by atoms with Crippen molar-refractivity contribution in [3.05, 3.63) is 54.1 Å². The summed E-state index contributed by atoms with van der Waals surface area (Å²) in [5.74, 6) is -0.435. The zero-order valence-electron chi connectivity index (χ0n) is 19.3. The number of nitrogens with one attached hydrogen (secondary N) is 3. The summed E-state index contributed by atoms with van der Waals surface area (Å²) in [7, 11) is -2.39. The molecule has 10 heteroatoms. The Kier molecular flexibility index (Phi) is 9.83. The monoisotopic (exact) mass is 477 g/mol. The molecule has 0 spiro atoms. The lowest BCUT2D eigenvalue weighted by Crippen LogP contribution is -2.44. The van der Waals surface area contributed by atoms with Crippen LogP contribution in [-0.4, -0.2) is 46.8 Å². The van der Waals surface area contributed by atoms with E-state index in [1.165, 1.54) is 19.2 Å². The molecule has 0 radical (unpaired) electrons. The summed E-state index contributed by atoms with van der Waals surface area (Å²) in [6, 6.07) is 11.9. The Labute approximate surface area is 194 Å². The molecule has 2 rings (SSSR count). The Bertz CT molecular complexity index is 1040. The Balaban J connectivity index is 2.10. The van der Waals surface area contributed by atoms with Crippen molar-refractivity contribution in [1.29, 1.82) is 0 Å². The molecule has 0 aliphatic carbocycles. The van der Waals surface area contributed by atoms with Crippen molar-refractivity contribution < 1.29 is 27.5 Å². The number of ether oxygens (including phenoxy) is 2. The third-order valence-corrected chi connectivity index (χ3v) is 6.04. The number of hydrogen-bond acceptors (Lipinski definition) is 6. The Hall–Kier alpha value is -2.95. The lowest BCUT2D eigenvalue weighted by molar-refractivity contribution is -0.118. The molecule has 1 unspecified atom stereocenters. The van der Waals surface area contributed by atoms with Gasteiger partial charge in [-0.15, -0.1) is 0 Å². The molecule has 0 aliphatic rings. The SMILES string of the molecule is COCCOC(=O)Nc1cccc(NC(=O)C(CC(C)C)NS(=O)(=O)c2ccc(C)cc2)c1. The molecule has 2 aromatic carbocycles. The summed E-state index contributed by atoms with van der Waals surface area (Å²) < 4.78 is 37.9. The highest BCUT2D eigenvalue weighted by Gasteiger charge is 2.26. The van der Waals surface area contributed by atoms with Crippen LogP contribution in [0.15, 0.2) is 53.4 Å². The summed E-state index contributed by atoms with van der Waals surface area (Å²) in [4.78, 5) is 24.9. The lowest BCUT2D eigenvalue weighted by atomic mass is 10.0. The van der Waals surface area contributed by atoms with Gasteiger partial charge in [-0.25, -0.2) is 13.2 Å². The van der Waals surface area contributed by atoms with E-state index in [1.54, 1.807) is 36.4 Å². The molecule has 0 aromatic heterocycles. The summed E-state index contributed by atoms with van der Waals surface area (Å²) in [5.41, 5.74) is 1.75. The maximum Gasteiger partial charge on any atom is 0.411 e. The standard InChI is InChI=1S/C23H31N3O6S/c1-16(2)14-21(26-33(29,30)20-10-8-17(3)9-11-20)22(27)24-18-6-5-7-19(15-18)25-23(28)32-13-12-31-4/h5-11,15-16,21,26H,12-14H2,1-4H3,(H,24,27)(H,25,28). The maximum absolute atomic E-state index is 13.0. The van der Waals surface area contributed by atoms with E-state index in [4.69, 9.17) is 9.47 Å². The number of sulfonamides is 1. The number of methoxy groups -OCH3 is 1. The molecule has 1 atom stereocenters. The normalized spacial score (nSPS) is 12.3. The number of aryl methyl sites for hydroxylation is 1. The van der Waals surface area contributed by atoms with Gasteiger partial charge in [0.1, 0.15) is 12.6 Å². The highest BCUT2D eigenvalue weighted by atomic mass is 32.2. The Morgan fingerprint density at radius 1 is 0.970 bits per heavy atom. The van der Waals surface area contributed by atoms with Crippen LogP contribution in [0, 0.1) is 12.8 Å². The number of rotatable bonds is 11. The fourth-order valence-corrected chi connectivity index (χ4v) is 4.14. The number of carbonyl (C=O) groups is 2. The first-order valence-electron chi connectivity index (χ1n) is 10.5. The van der Waals surface area contributed by atoms with Gasteiger partial charge >= 0.3 is 6.09 Å². The molecule has 0 bridgehead atoms. The van der Waals surface area contributed by atoms with Crippen LogP contribution < -0.4 is 15.4 Å². The predicted molar refractivity (Wildman–Crippen MR) is 127 cm³/mol. The second-order valence-corrected chi connectivity index (χ2v) is 9.65. The topological polar surface area (TPSA) is 123 Å². The van der Waals surface area contributed by atoms with Crippen molar-refractivity contribution in [2.45, 2.75) is 38.1 Å². The third-order valence-electron chi connectivity index (χ3n) is 4.55. The molecule has 0 heterocycles. The fraction of sp³-hybridized carbons (Fsp3) is 0.391. The number of hydrogen-bond donors (Lipinski definition) is 3. The molecular formula is C23H31N3O6S. The van der Waals surface area contributed by atoms with Gasteiger partial charge in [-0.1, -0.05) is 37.6 Å². The van der Waals surface area contributed by atoms with Crippen LogP contribution in [0.4, 0.5) is 16.2 Å². The average molecular weight is 478 g/mol. The Morgan fingerprint density at radius 2 is 1.61 bits per heavy atom. The van der Waals surface area contributed by atoms with Crippen LogP contribution in [0.2, 0.25) is 0 Å². The number of anilines is 2. The first kappa shape index (κ1) is 26.3. The van der Waals surface area contributed by atoms with Crippen molar-refractivity contribution in [2.75, 3.05) is 31.0 Å². The van der Waals surface area contributed by atoms with Crippen molar-refractivity contribution in [1.82, 2.24) is 4.72 Å². The molecule has 0 saturated heterocycles. The predicted octanol–water partition coefficient (Wildman–Crippen LogP) is 3.52. The summed E-state index contributed by atoms with van der Waals surface area (Å²) >= 11 is 0. The summed E-state index contributed by atoms with van der Waals surface area (Å²) in [5, 5.41) is 5.28. The van der Waals surface area contributed by atoms with Crippen molar-refractivity contribution in [3.63, 3.8) is 0 Å². The molecule has 2 aromatic rings. The van der Waals surface area contributed by atoms with E-state index in [-0.39, 0.29) is 24.0 Å². The van der Waals surface area contributed by atoms with Gasteiger partial charge in [0.2, 0.25) is 15.9 Å². The average Bonchev–Trinajstić information content (AvgIpc) is 2.73. The van der Waals surface area contributed by atoms with Gasteiger partial charge in [-0.2, -0.15) is 4.72 Å². The molecule has 180 valence electrons. The zero-order chi connectivity index (χ0) is 24.4. The van der Waals surface area contributed by atoms with Crippen LogP contribution in [-0.2, 0) is 24.3 Å². The minimum atomic E-state index is -3.89. The van der Waals surface area contributed by atoms with Crippen LogP contribution in [0.3, 0.4) is 0 Å². The first-order valence-corrected chi connectivity index (χ1v) is 12.0. The van der Waals surface area contributed by atoms with Crippen molar-refractivity contribution >= 4 is 33.4 Å². The van der Waals surface area contributed by atoms with E-state index < -0.39 is 28.1 Å². The van der Waals surface area contributed by atoms with E-state index in [0.717, 1.165) is 5.56 Å². The van der Waals surface area contributed by atoms with Crippen molar-refractivity contribution in [2.24, 2.45) is 5.92 Å². The van der Waals surface area contributed by atoms with E-state index in [2.05, 4.69) is 15.4 Å². The summed E-state index contributed by atoms with van der Waals surface area (Å²) in [6.45, 7) is 6.05. The fourth-order valence-electron chi connectivity index (χ4n) is 2.93. The molecular weight excluding hydrogens is 446 g/mol. The second-order valence-electron chi connectivity index (χ2n) is 7.94. The first-order chi connectivity index (χ1) is 15.6. The molecule has 9 nitrogen and oxygen atoms in total. The maximum atomic E-state index is 13.0. The third kappa shape index (κ3) is 8.83. The van der Waals surface area contributed by atoms with Gasteiger partial charge in [0.25, 0.3) is 0 Å². The zero-order valence-corrected chi connectivity index (χ0v) is 20.1. The minimum absolute atomic E-state index is 0.0661. The highest BCUT2D eigenvalue weighted by Crippen LogP contribution is 2.18. The van der Waals surface area contributed by atoms with E-state index in [1.807, 2.05) is 20.8 Å².